The van der Waals surface area contributed by atoms with Gasteiger partial charge in [0.25, 0.3) is 0 Å². The molecule has 5 nitrogen and oxygen atoms in total. The number of carboxylic acid groups (broad SMARTS) is 1. The van der Waals surface area contributed by atoms with Gasteiger partial charge in [-0.25, -0.2) is 4.79 Å². The Hall–Kier alpha value is -1.10. The lowest BCUT2D eigenvalue weighted by molar-refractivity contribution is -0.140. The summed E-state index contributed by atoms with van der Waals surface area (Å²) >= 11 is 0. The summed E-state index contributed by atoms with van der Waals surface area (Å²) in [5.41, 5.74) is 0. The number of hydrogen-bond acceptors (Lipinski definition) is 3. The average molecular weight is 145 g/mol. The average Bonchev–Trinajstić information content (AvgIpc) is 2.13. The molecule has 5 heteroatoms. The summed E-state index contributed by atoms with van der Waals surface area (Å²) in [5, 5.41) is 19.2. The van der Waals surface area contributed by atoms with Crippen LogP contribution in [0.4, 0.5) is 0 Å². The van der Waals surface area contributed by atoms with Crippen molar-refractivity contribution in [3.8, 4) is 0 Å². The number of aliphatic hydroxyl groups excluding tert-OH is 1. The molecule has 0 radical (unpaired) electrons. The van der Waals surface area contributed by atoms with Gasteiger partial charge in [-0.1, -0.05) is 0 Å². The number of aliphatic carboxylic acids is 1. The van der Waals surface area contributed by atoms with Gasteiger partial charge in [-0.05, 0) is 0 Å². The first-order chi connectivity index (χ1) is 4.61. The first-order valence-electron chi connectivity index (χ1n) is 2.82. The molecule has 0 bridgehead atoms. The van der Waals surface area contributed by atoms with Crippen LogP contribution in [0.25, 0.3) is 0 Å². The Morgan fingerprint density at radius 1 is 1.70 bits per heavy atom. The van der Waals surface area contributed by atoms with Crippen LogP contribution in [0.3, 0.4) is 0 Å². The fourth-order valence-corrected chi connectivity index (χ4v) is 0.820. The molecule has 1 rings (SSSR count). The van der Waals surface area contributed by atoms with Crippen molar-refractivity contribution >= 4 is 11.9 Å². The van der Waals surface area contributed by atoms with Gasteiger partial charge in [0.1, 0.15) is 12.1 Å². The lowest BCUT2D eigenvalue weighted by Gasteiger charge is -1.99. The molecular weight excluding hydrogens is 138 g/mol. The second-order valence-electron chi connectivity index (χ2n) is 2.15. The lowest BCUT2D eigenvalue weighted by Crippen LogP contribution is -2.33. The number of carbonyl (C=O) groups excluding carboxylic acids is 1. The zero-order valence-electron chi connectivity index (χ0n) is 5.07. The summed E-state index contributed by atoms with van der Waals surface area (Å²) in [6, 6.07) is -0.914. The summed E-state index contributed by atoms with van der Waals surface area (Å²) in [7, 11) is 0. The summed E-state index contributed by atoms with van der Waals surface area (Å²) in [6.45, 7) is 0. The quantitative estimate of drug-likeness (QED) is 0.411. The zero-order valence-corrected chi connectivity index (χ0v) is 5.07. The van der Waals surface area contributed by atoms with Crippen LogP contribution in [0.2, 0.25) is 0 Å². The molecule has 1 heterocycles. The maximum absolute atomic E-state index is 10.5. The van der Waals surface area contributed by atoms with E-state index in [2.05, 4.69) is 5.32 Å². The molecule has 0 aromatic heterocycles. The molecule has 3 N–H and O–H groups in total. The van der Waals surface area contributed by atoms with Crippen LogP contribution in [0.1, 0.15) is 6.42 Å². The van der Waals surface area contributed by atoms with Gasteiger partial charge in [0.05, 0.1) is 0 Å². The molecule has 0 spiro atoms. The molecule has 0 aromatic rings. The van der Waals surface area contributed by atoms with Crippen LogP contribution < -0.4 is 5.32 Å². The number of amides is 1. The number of aliphatic hydroxyl groups is 1. The van der Waals surface area contributed by atoms with Crippen LogP contribution in [-0.2, 0) is 9.59 Å². The molecule has 1 aliphatic rings. The topological polar surface area (TPSA) is 86.6 Å². The van der Waals surface area contributed by atoms with Crippen molar-refractivity contribution in [2.24, 2.45) is 0 Å². The largest absolute Gasteiger partial charge is 0.480 e. The van der Waals surface area contributed by atoms with E-state index in [0.29, 0.717) is 0 Å². The fraction of sp³-hybridized carbons (Fsp3) is 0.600. The van der Waals surface area contributed by atoms with Gasteiger partial charge in [0.15, 0.2) is 0 Å². The molecule has 0 aromatic carbocycles. The highest BCUT2D eigenvalue weighted by Crippen LogP contribution is 2.06. The molecule has 56 valence electrons. The Morgan fingerprint density at radius 3 is 2.50 bits per heavy atom. The van der Waals surface area contributed by atoms with Gasteiger partial charge in [-0.15, -0.1) is 0 Å². The maximum atomic E-state index is 10.5. The van der Waals surface area contributed by atoms with E-state index in [1.807, 2.05) is 0 Å². The minimum atomic E-state index is -1.15. The minimum Gasteiger partial charge on any atom is -0.480 e. The van der Waals surface area contributed by atoms with Crippen molar-refractivity contribution in [3.05, 3.63) is 0 Å². The molecular formula is C5H7NO4. The highest BCUT2D eigenvalue weighted by molar-refractivity contribution is 5.90. The monoisotopic (exact) mass is 145 g/mol. The first-order valence-corrected chi connectivity index (χ1v) is 2.82. The third-order valence-corrected chi connectivity index (χ3v) is 1.38. The fourth-order valence-electron chi connectivity index (χ4n) is 0.820. The molecule has 1 aliphatic heterocycles. The third-order valence-electron chi connectivity index (χ3n) is 1.38. The van der Waals surface area contributed by atoms with Gasteiger partial charge >= 0.3 is 5.97 Å². The normalized spacial score (nSPS) is 31.9. The number of nitrogens with one attached hydrogen (secondary N) is 1. The first kappa shape index (κ1) is 7.01. The maximum Gasteiger partial charge on any atom is 0.326 e. The predicted molar refractivity (Wildman–Crippen MR) is 30.2 cm³/mol. The second-order valence-corrected chi connectivity index (χ2v) is 2.15. The number of carboxylic acids is 1. The number of hydrogen-bond donors (Lipinski definition) is 3. The van der Waals surface area contributed by atoms with E-state index in [0.717, 1.165) is 0 Å². The predicted octanol–water partition coefficient (Wildman–Crippen LogP) is -1.68. The van der Waals surface area contributed by atoms with Crippen LogP contribution in [0, 0.1) is 0 Å². The minimum absolute atomic E-state index is 0.0336. The van der Waals surface area contributed by atoms with Crippen LogP contribution in [-0.4, -0.2) is 34.2 Å². The van der Waals surface area contributed by atoms with Crippen molar-refractivity contribution in [3.63, 3.8) is 0 Å². The van der Waals surface area contributed by atoms with Crippen molar-refractivity contribution in [2.75, 3.05) is 0 Å². The van der Waals surface area contributed by atoms with Crippen molar-refractivity contribution in [1.82, 2.24) is 5.32 Å². The van der Waals surface area contributed by atoms with Gasteiger partial charge in [0, 0.05) is 6.42 Å². The summed E-state index contributed by atoms with van der Waals surface area (Å²) in [4.78, 5) is 20.6. The van der Waals surface area contributed by atoms with Gasteiger partial charge in [0.2, 0.25) is 5.91 Å². The van der Waals surface area contributed by atoms with Gasteiger partial charge in [-0.2, -0.15) is 0 Å². The van der Waals surface area contributed by atoms with Crippen LogP contribution in [0.5, 0.6) is 0 Å². The molecule has 0 aliphatic carbocycles. The molecule has 1 fully saturated rings. The van der Waals surface area contributed by atoms with E-state index in [1.165, 1.54) is 0 Å². The van der Waals surface area contributed by atoms with Crippen molar-refractivity contribution < 1.29 is 19.8 Å². The van der Waals surface area contributed by atoms with Crippen molar-refractivity contribution in [2.45, 2.75) is 18.6 Å². The van der Waals surface area contributed by atoms with E-state index in [1.54, 1.807) is 0 Å². The highest BCUT2D eigenvalue weighted by Gasteiger charge is 2.34. The summed E-state index contributed by atoms with van der Waals surface area (Å²) in [6.07, 6.45) is -1.19. The van der Waals surface area contributed by atoms with E-state index in [4.69, 9.17) is 10.2 Å². The van der Waals surface area contributed by atoms with E-state index in [9.17, 15) is 9.59 Å². The Morgan fingerprint density at radius 2 is 2.30 bits per heavy atom. The Kier molecular flexibility index (Phi) is 1.58. The molecule has 1 amide bonds. The van der Waals surface area contributed by atoms with Gasteiger partial charge < -0.3 is 15.5 Å². The van der Waals surface area contributed by atoms with Crippen LogP contribution in [0.15, 0.2) is 0 Å². The standard InChI is InChI=1S/C5H7NO4/c7-3-1-2(5(9)10)6-4(3)8/h2-3,7H,1H2,(H,6,8)(H,9,10). The van der Waals surface area contributed by atoms with E-state index >= 15 is 0 Å². The van der Waals surface area contributed by atoms with Gasteiger partial charge in [-0.3, -0.25) is 4.79 Å². The molecule has 10 heavy (non-hydrogen) atoms. The van der Waals surface area contributed by atoms with Crippen LogP contribution >= 0.6 is 0 Å². The third kappa shape index (κ3) is 1.08. The molecule has 2 atom stereocenters. The Balaban J connectivity index is 2.57. The van der Waals surface area contributed by atoms with E-state index < -0.39 is 24.0 Å². The number of rotatable bonds is 1. The lowest BCUT2D eigenvalue weighted by atomic mass is 10.2. The Labute approximate surface area is 56.7 Å². The Bertz CT molecular complexity index is 178. The van der Waals surface area contributed by atoms with E-state index in [-0.39, 0.29) is 6.42 Å². The zero-order chi connectivity index (χ0) is 7.72. The molecule has 1 saturated heterocycles. The smallest absolute Gasteiger partial charge is 0.326 e. The highest BCUT2D eigenvalue weighted by atomic mass is 16.4. The summed E-state index contributed by atoms with van der Waals surface area (Å²) < 4.78 is 0. The molecule has 0 saturated carbocycles. The van der Waals surface area contributed by atoms with Crippen molar-refractivity contribution in [1.29, 1.82) is 0 Å². The molecule has 2 unspecified atom stereocenters. The second kappa shape index (κ2) is 2.26. The summed E-state index contributed by atoms with van der Waals surface area (Å²) in [5.74, 6) is -1.71. The SMILES string of the molecule is O=C1NC(C(=O)O)CC1O. The number of carbonyl (C=O) groups is 2.